The van der Waals surface area contributed by atoms with E-state index in [1.165, 1.54) is 12.1 Å². The molecule has 0 unspecified atom stereocenters. The van der Waals surface area contributed by atoms with Crippen LogP contribution in [0.25, 0.3) is 0 Å². The van der Waals surface area contributed by atoms with E-state index in [0.717, 1.165) is 5.56 Å². The van der Waals surface area contributed by atoms with Crippen LogP contribution in [0, 0.1) is 5.82 Å². The van der Waals surface area contributed by atoms with Crippen molar-refractivity contribution in [3.05, 3.63) is 35.6 Å². The highest BCUT2D eigenvalue weighted by Crippen LogP contribution is 2.11. The van der Waals surface area contributed by atoms with Gasteiger partial charge in [0.25, 0.3) is 0 Å². The van der Waals surface area contributed by atoms with Gasteiger partial charge in [-0.15, -0.1) is 0 Å². The topological polar surface area (TPSA) is 52.3 Å². The Morgan fingerprint density at radius 3 is 2.67 bits per heavy atom. The Morgan fingerprint density at radius 1 is 1.44 bits per heavy atom. The maximum atomic E-state index is 13.0. The normalized spacial score (nSPS) is 13.2. The molecule has 1 aromatic carbocycles. The van der Waals surface area contributed by atoms with Crippen LogP contribution in [0.5, 0.6) is 0 Å². The van der Waals surface area contributed by atoms with Crippen LogP contribution in [-0.2, 0) is 16.0 Å². The fourth-order valence-corrected chi connectivity index (χ4v) is 1.64. The number of rotatable bonds is 4. The summed E-state index contributed by atoms with van der Waals surface area (Å²) in [6.45, 7) is 5.43. The molecular weight excluding hydrogens is 233 g/mol. The molecule has 1 atom stereocenters. The van der Waals surface area contributed by atoms with E-state index in [1.807, 2.05) is 20.8 Å². The summed E-state index contributed by atoms with van der Waals surface area (Å²) in [5.41, 5.74) is 6.13. The average molecular weight is 253 g/mol. The predicted octanol–water partition coefficient (Wildman–Crippen LogP) is 2.43. The quantitative estimate of drug-likeness (QED) is 0.838. The summed E-state index contributed by atoms with van der Waals surface area (Å²) >= 11 is 0. The Hall–Kier alpha value is -1.42. The molecule has 2 N–H and O–H groups in total. The van der Waals surface area contributed by atoms with Crippen LogP contribution in [0.1, 0.15) is 32.8 Å². The van der Waals surface area contributed by atoms with Crippen LogP contribution < -0.4 is 5.73 Å². The number of halogens is 1. The van der Waals surface area contributed by atoms with Crippen molar-refractivity contribution >= 4 is 5.97 Å². The van der Waals surface area contributed by atoms with Gasteiger partial charge in [0.05, 0.1) is 6.42 Å². The summed E-state index contributed by atoms with van der Waals surface area (Å²) in [6, 6.07) is 5.86. The Balaban J connectivity index is 2.47. The van der Waals surface area contributed by atoms with Crippen LogP contribution in [0.15, 0.2) is 24.3 Å². The molecule has 0 radical (unpaired) electrons. The first kappa shape index (κ1) is 14.6. The molecule has 18 heavy (non-hydrogen) atoms. The van der Waals surface area contributed by atoms with Crippen molar-refractivity contribution in [2.24, 2.45) is 5.73 Å². The fourth-order valence-electron chi connectivity index (χ4n) is 1.64. The maximum absolute atomic E-state index is 13.0. The summed E-state index contributed by atoms with van der Waals surface area (Å²) in [4.78, 5) is 11.5. The molecule has 0 aliphatic heterocycles. The van der Waals surface area contributed by atoms with Gasteiger partial charge in [0, 0.05) is 6.04 Å². The minimum atomic E-state index is -0.504. The van der Waals surface area contributed by atoms with Crippen LogP contribution >= 0.6 is 0 Å². The van der Waals surface area contributed by atoms with Gasteiger partial charge in [-0.25, -0.2) is 4.39 Å². The van der Waals surface area contributed by atoms with Crippen molar-refractivity contribution in [1.82, 2.24) is 0 Å². The lowest BCUT2D eigenvalue weighted by Gasteiger charge is -2.21. The molecule has 0 aliphatic carbocycles. The van der Waals surface area contributed by atoms with E-state index < -0.39 is 5.60 Å². The molecule has 0 heterocycles. The molecule has 4 heteroatoms. The summed E-state index contributed by atoms with van der Waals surface area (Å²) in [7, 11) is 0. The van der Waals surface area contributed by atoms with Crippen molar-refractivity contribution in [2.75, 3.05) is 0 Å². The van der Waals surface area contributed by atoms with Crippen LogP contribution in [0.3, 0.4) is 0 Å². The van der Waals surface area contributed by atoms with Gasteiger partial charge in [0.2, 0.25) is 0 Å². The SMILES string of the molecule is CC(C)(C)OC(=O)C[C@H](N)Cc1cccc(F)c1. The van der Waals surface area contributed by atoms with Gasteiger partial charge in [0.15, 0.2) is 0 Å². The predicted molar refractivity (Wildman–Crippen MR) is 68.5 cm³/mol. The zero-order valence-corrected chi connectivity index (χ0v) is 11.1. The number of ether oxygens (including phenoxy) is 1. The van der Waals surface area contributed by atoms with E-state index in [9.17, 15) is 9.18 Å². The third-order valence-corrected chi connectivity index (χ3v) is 2.24. The van der Waals surface area contributed by atoms with Gasteiger partial charge in [-0.05, 0) is 44.9 Å². The molecule has 100 valence electrons. The number of hydrogen-bond donors (Lipinski definition) is 1. The first-order valence-electron chi connectivity index (χ1n) is 5.98. The minimum absolute atomic E-state index is 0.133. The second-order valence-electron chi connectivity index (χ2n) is 5.38. The Labute approximate surface area is 107 Å². The number of nitrogens with two attached hydrogens (primary N) is 1. The highest BCUT2D eigenvalue weighted by Gasteiger charge is 2.18. The van der Waals surface area contributed by atoms with Crippen LogP contribution in [0.4, 0.5) is 4.39 Å². The Bertz CT molecular complexity index is 413. The standard InChI is InChI=1S/C14H20FNO2/c1-14(2,3)18-13(17)9-12(16)8-10-5-4-6-11(15)7-10/h4-7,12H,8-9,16H2,1-3H3/t12-/m1/s1. The molecule has 0 saturated carbocycles. The second kappa shape index (κ2) is 5.96. The van der Waals surface area contributed by atoms with Gasteiger partial charge in [-0.3, -0.25) is 4.79 Å². The highest BCUT2D eigenvalue weighted by molar-refractivity contribution is 5.70. The largest absolute Gasteiger partial charge is 0.460 e. The van der Waals surface area contributed by atoms with Crippen LogP contribution in [0.2, 0.25) is 0 Å². The third-order valence-electron chi connectivity index (χ3n) is 2.24. The zero-order valence-electron chi connectivity index (χ0n) is 11.1. The summed E-state index contributed by atoms with van der Waals surface area (Å²) in [5.74, 6) is -0.622. The molecule has 0 spiro atoms. The van der Waals surface area contributed by atoms with E-state index in [0.29, 0.717) is 6.42 Å². The highest BCUT2D eigenvalue weighted by atomic mass is 19.1. The molecule has 0 saturated heterocycles. The number of esters is 1. The molecule has 0 bridgehead atoms. The first-order chi connectivity index (χ1) is 8.26. The zero-order chi connectivity index (χ0) is 13.8. The number of carbonyl (C=O) groups is 1. The van der Waals surface area contributed by atoms with Crippen LogP contribution in [-0.4, -0.2) is 17.6 Å². The molecule has 0 aromatic heterocycles. The average Bonchev–Trinajstić information content (AvgIpc) is 2.13. The van der Waals surface area contributed by atoms with Crippen molar-refractivity contribution in [3.63, 3.8) is 0 Å². The van der Waals surface area contributed by atoms with E-state index in [-0.39, 0.29) is 24.2 Å². The number of hydrogen-bond acceptors (Lipinski definition) is 3. The molecule has 1 aromatic rings. The van der Waals surface area contributed by atoms with Gasteiger partial charge >= 0.3 is 5.97 Å². The van der Waals surface area contributed by atoms with Gasteiger partial charge in [-0.1, -0.05) is 12.1 Å². The molecule has 3 nitrogen and oxygen atoms in total. The molecule has 1 rings (SSSR count). The van der Waals surface area contributed by atoms with E-state index in [4.69, 9.17) is 10.5 Å². The van der Waals surface area contributed by atoms with Gasteiger partial charge in [-0.2, -0.15) is 0 Å². The molecular formula is C14H20FNO2. The van der Waals surface area contributed by atoms with Crippen molar-refractivity contribution in [2.45, 2.75) is 45.3 Å². The Kier molecular flexibility index (Phi) is 4.84. The lowest BCUT2D eigenvalue weighted by Crippen LogP contribution is -2.31. The second-order valence-corrected chi connectivity index (χ2v) is 5.38. The van der Waals surface area contributed by atoms with Crippen molar-refractivity contribution in [1.29, 1.82) is 0 Å². The summed E-state index contributed by atoms with van der Waals surface area (Å²) in [5, 5.41) is 0. The van der Waals surface area contributed by atoms with Gasteiger partial charge < -0.3 is 10.5 Å². The van der Waals surface area contributed by atoms with E-state index in [1.54, 1.807) is 12.1 Å². The lowest BCUT2D eigenvalue weighted by atomic mass is 10.0. The smallest absolute Gasteiger partial charge is 0.307 e. The lowest BCUT2D eigenvalue weighted by molar-refractivity contribution is -0.155. The monoisotopic (exact) mass is 253 g/mol. The molecule has 0 aliphatic rings. The number of carbonyl (C=O) groups excluding carboxylic acids is 1. The first-order valence-corrected chi connectivity index (χ1v) is 5.98. The minimum Gasteiger partial charge on any atom is -0.460 e. The fraction of sp³-hybridized carbons (Fsp3) is 0.500. The van der Waals surface area contributed by atoms with E-state index in [2.05, 4.69) is 0 Å². The molecule has 0 amide bonds. The van der Waals surface area contributed by atoms with E-state index >= 15 is 0 Å². The maximum Gasteiger partial charge on any atom is 0.307 e. The third kappa shape index (κ3) is 5.77. The van der Waals surface area contributed by atoms with Crippen molar-refractivity contribution < 1.29 is 13.9 Å². The summed E-state index contributed by atoms with van der Waals surface area (Å²) < 4.78 is 18.1. The molecule has 0 fully saturated rings. The van der Waals surface area contributed by atoms with Crippen molar-refractivity contribution in [3.8, 4) is 0 Å². The summed E-state index contributed by atoms with van der Waals surface area (Å²) in [6.07, 6.45) is 0.588. The number of benzene rings is 1. The Morgan fingerprint density at radius 2 is 2.11 bits per heavy atom. The van der Waals surface area contributed by atoms with Gasteiger partial charge in [0.1, 0.15) is 11.4 Å².